The Bertz CT molecular complexity index is 340. The van der Waals surface area contributed by atoms with Crippen LogP contribution in [-0.4, -0.2) is 35.5 Å². The fraction of sp³-hybridized carbons (Fsp3) is 0.636. The van der Waals surface area contributed by atoms with Crippen LogP contribution >= 0.6 is 15.9 Å². The highest BCUT2D eigenvalue weighted by Gasteiger charge is 2.20. The molecule has 0 unspecified atom stereocenters. The number of halogens is 1. The lowest BCUT2D eigenvalue weighted by atomic mass is 9.99. The Morgan fingerprint density at radius 2 is 2.25 bits per heavy atom. The van der Waals surface area contributed by atoms with Gasteiger partial charge in [-0.15, -0.1) is 0 Å². The topological polar surface area (TPSA) is 38.2 Å². The van der Waals surface area contributed by atoms with E-state index in [1.165, 1.54) is 12.8 Å². The van der Waals surface area contributed by atoms with Gasteiger partial charge in [0.25, 0.3) is 0 Å². The first-order valence-electron chi connectivity index (χ1n) is 5.51. The third kappa shape index (κ3) is 2.64. The van der Waals surface area contributed by atoms with Crippen molar-refractivity contribution in [1.29, 1.82) is 0 Å². The first kappa shape index (κ1) is 11.6. The summed E-state index contributed by atoms with van der Waals surface area (Å²) in [6.45, 7) is 2.06. The van der Waals surface area contributed by atoms with E-state index in [-0.39, 0.29) is 0 Å². The number of rotatable bonds is 3. The van der Waals surface area contributed by atoms with E-state index in [0.29, 0.717) is 5.88 Å². The largest absolute Gasteiger partial charge is 0.481 e. The maximum atomic E-state index is 5.10. The molecule has 0 saturated carbocycles. The smallest absolute Gasteiger partial charge is 0.228 e. The van der Waals surface area contributed by atoms with Crippen LogP contribution in [0.25, 0.3) is 0 Å². The standard InChI is InChI=1S/C11H16BrN3O/c1-16-10-2-5-13-11(14-10)15-6-3-9(8-12)4-7-15/h2,5,9H,3-4,6-8H2,1H3. The Hall–Kier alpha value is -0.840. The molecule has 0 N–H and O–H groups in total. The molecule has 0 aromatic carbocycles. The van der Waals surface area contributed by atoms with Gasteiger partial charge in [-0.2, -0.15) is 4.98 Å². The van der Waals surface area contributed by atoms with Gasteiger partial charge in [0.2, 0.25) is 11.8 Å². The number of piperidine rings is 1. The van der Waals surface area contributed by atoms with Crippen LogP contribution in [0.4, 0.5) is 5.95 Å². The molecule has 1 fully saturated rings. The molecule has 4 nitrogen and oxygen atoms in total. The van der Waals surface area contributed by atoms with E-state index in [0.717, 1.165) is 30.3 Å². The van der Waals surface area contributed by atoms with Crippen LogP contribution in [-0.2, 0) is 0 Å². The number of hydrogen-bond acceptors (Lipinski definition) is 4. The van der Waals surface area contributed by atoms with E-state index in [9.17, 15) is 0 Å². The normalized spacial score (nSPS) is 17.5. The lowest BCUT2D eigenvalue weighted by Crippen LogP contribution is -2.35. The van der Waals surface area contributed by atoms with Crippen molar-refractivity contribution in [3.8, 4) is 5.88 Å². The van der Waals surface area contributed by atoms with Crippen molar-refractivity contribution in [1.82, 2.24) is 9.97 Å². The second kappa shape index (κ2) is 5.48. The van der Waals surface area contributed by atoms with Gasteiger partial charge in [0, 0.05) is 30.7 Å². The fourth-order valence-corrected chi connectivity index (χ4v) is 2.53. The molecule has 0 amide bonds. The predicted octanol–water partition coefficient (Wildman–Crippen LogP) is 2.10. The highest BCUT2D eigenvalue weighted by atomic mass is 79.9. The third-order valence-corrected chi connectivity index (χ3v) is 3.86. The molecule has 0 aliphatic carbocycles. The van der Waals surface area contributed by atoms with Crippen molar-refractivity contribution in [3.63, 3.8) is 0 Å². The summed E-state index contributed by atoms with van der Waals surface area (Å²) in [7, 11) is 1.63. The van der Waals surface area contributed by atoms with Crippen LogP contribution < -0.4 is 9.64 Å². The van der Waals surface area contributed by atoms with E-state index in [1.54, 1.807) is 19.4 Å². The van der Waals surface area contributed by atoms with Crippen molar-refractivity contribution in [2.24, 2.45) is 5.92 Å². The summed E-state index contributed by atoms with van der Waals surface area (Å²) in [6.07, 6.45) is 4.15. The minimum absolute atomic E-state index is 0.632. The summed E-state index contributed by atoms with van der Waals surface area (Å²) in [5.74, 6) is 2.21. The first-order chi connectivity index (χ1) is 7.83. The molecule has 0 spiro atoms. The number of hydrogen-bond donors (Lipinski definition) is 0. The van der Waals surface area contributed by atoms with Gasteiger partial charge < -0.3 is 9.64 Å². The number of alkyl halides is 1. The Balaban J connectivity index is 2.02. The number of ether oxygens (including phenoxy) is 1. The van der Waals surface area contributed by atoms with Gasteiger partial charge >= 0.3 is 0 Å². The minimum atomic E-state index is 0.632. The lowest BCUT2D eigenvalue weighted by Gasteiger charge is -2.31. The summed E-state index contributed by atoms with van der Waals surface area (Å²) in [5, 5.41) is 1.10. The number of anilines is 1. The van der Waals surface area contributed by atoms with Crippen LogP contribution in [0, 0.1) is 5.92 Å². The van der Waals surface area contributed by atoms with Crippen LogP contribution in [0.5, 0.6) is 5.88 Å². The van der Waals surface area contributed by atoms with Crippen LogP contribution in [0.3, 0.4) is 0 Å². The average molecular weight is 286 g/mol. The van der Waals surface area contributed by atoms with Gasteiger partial charge in [0.1, 0.15) is 0 Å². The van der Waals surface area contributed by atoms with Crippen LogP contribution in [0.2, 0.25) is 0 Å². The summed E-state index contributed by atoms with van der Waals surface area (Å²) < 4.78 is 5.10. The highest BCUT2D eigenvalue weighted by molar-refractivity contribution is 9.09. The quantitative estimate of drug-likeness (QED) is 0.798. The minimum Gasteiger partial charge on any atom is -0.481 e. The molecular formula is C11H16BrN3O. The van der Waals surface area contributed by atoms with E-state index in [4.69, 9.17) is 4.74 Å². The molecule has 0 atom stereocenters. The first-order valence-corrected chi connectivity index (χ1v) is 6.63. The second-order valence-corrected chi connectivity index (χ2v) is 4.63. The zero-order valence-electron chi connectivity index (χ0n) is 9.40. The third-order valence-electron chi connectivity index (χ3n) is 2.94. The maximum absolute atomic E-state index is 5.10. The molecule has 1 saturated heterocycles. The van der Waals surface area contributed by atoms with Gasteiger partial charge in [-0.1, -0.05) is 15.9 Å². The second-order valence-electron chi connectivity index (χ2n) is 3.98. The summed E-state index contributed by atoms with van der Waals surface area (Å²) in [4.78, 5) is 10.9. The predicted molar refractivity (Wildman–Crippen MR) is 67.3 cm³/mol. The Labute approximate surface area is 104 Å². The van der Waals surface area contributed by atoms with Crippen LogP contribution in [0.15, 0.2) is 12.3 Å². The Morgan fingerprint density at radius 1 is 1.50 bits per heavy atom. The van der Waals surface area contributed by atoms with Crippen molar-refractivity contribution in [2.75, 3.05) is 30.4 Å². The number of aromatic nitrogens is 2. The summed E-state index contributed by atoms with van der Waals surface area (Å²) >= 11 is 3.54. The fourth-order valence-electron chi connectivity index (χ4n) is 1.89. The monoisotopic (exact) mass is 285 g/mol. The van der Waals surface area contributed by atoms with Crippen molar-refractivity contribution < 1.29 is 4.74 Å². The molecule has 1 aliphatic rings. The van der Waals surface area contributed by atoms with E-state index in [2.05, 4.69) is 30.8 Å². The van der Waals surface area contributed by atoms with Gasteiger partial charge in [0.15, 0.2) is 0 Å². The van der Waals surface area contributed by atoms with Gasteiger partial charge in [-0.25, -0.2) is 4.98 Å². The SMILES string of the molecule is COc1ccnc(N2CCC(CBr)CC2)n1. The zero-order chi connectivity index (χ0) is 11.4. The molecule has 16 heavy (non-hydrogen) atoms. The Morgan fingerprint density at radius 3 is 2.88 bits per heavy atom. The van der Waals surface area contributed by atoms with E-state index in [1.807, 2.05) is 0 Å². The zero-order valence-corrected chi connectivity index (χ0v) is 11.0. The van der Waals surface area contributed by atoms with E-state index < -0.39 is 0 Å². The van der Waals surface area contributed by atoms with Gasteiger partial charge in [-0.05, 0) is 18.8 Å². The molecule has 2 heterocycles. The molecular weight excluding hydrogens is 270 g/mol. The molecule has 0 radical (unpaired) electrons. The number of methoxy groups -OCH3 is 1. The molecule has 1 aromatic rings. The highest BCUT2D eigenvalue weighted by Crippen LogP contribution is 2.22. The maximum Gasteiger partial charge on any atom is 0.228 e. The Kier molecular flexibility index (Phi) is 3.98. The van der Waals surface area contributed by atoms with Crippen LogP contribution in [0.1, 0.15) is 12.8 Å². The molecule has 1 aliphatic heterocycles. The molecule has 5 heteroatoms. The van der Waals surface area contributed by atoms with Gasteiger partial charge in [-0.3, -0.25) is 0 Å². The summed E-state index contributed by atoms with van der Waals surface area (Å²) in [5.41, 5.74) is 0. The van der Waals surface area contributed by atoms with Crippen molar-refractivity contribution in [2.45, 2.75) is 12.8 Å². The lowest BCUT2D eigenvalue weighted by molar-refractivity contribution is 0.394. The van der Waals surface area contributed by atoms with Crippen molar-refractivity contribution in [3.05, 3.63) is 12.3 Å². The molecule has 0 bridgehead atoms. The molecule has 1 aromatic heterocycles. The van der Waals surface area contributed by atoms with E-state index >= 15 is 0 Å². The molecule has 2 rings (SSSR count). The number of nitrogens with zero attached hydrogens (tertiary/aromatic N) is 3. The van der Waals surface area contributed by atoms with Crippen molar-refractivity contribution >= 4 is 21.9 Å². The summed E-state index contributed by atoms with van der Waals surface area (Å²) in [6, 6.07) is 1.77. The average Bonchev–Trinajstić information content (AvgIpc) is 2.39. The van der Waals surface area contributed by atoms with Gasteiger partial charge in [0.05, 0.1) is 7.11 Å². The molecule has 88 valence electrons.